The number of hydrogen-bond donors (Lipinski definition) is 2. The lowest BCUT2D eigenvalue weighted by molar-refractivity contribution is -0.120. The number of halogens is 4. The lowest BCUT2D eigenvalue weighted by atomic mass is 9.99. The molecule has 0 aromatic heterocycles. The smallest absolute Gasteiger partial charge is 0.387 e. The molecule has 1 aliphatic heterocycles. The van der Waals surface area contributed by atoms with Gasteiger partial charge in [-0.15, -0.1) is 0 Å². The molecule has 12 heteroatoms. The molecule has 0 bridgehead atoms. The standard InChI is InChI=1S/C18H17ClF3N3O4S/c1-25-16(17(26)23-11-5-6-14(20)13(19)8-11)9-15(24-30(25,27)28)10-3-2-4-12(7-10)29-18(21)22/h2-8,15-16,18,24H,9H2,1H3,(H,23,26)/t15-,16?/m0/s1. The van der Waals surface area contributed by atoms with Crippen LogP contribution in [0.15, 0.2) is 42.5 Å². The van der Waals surface area contributed by atoms with Crippen LogP contribution in [-0.4, -0.2) is 38.3 Å². The van der Waals surface area contributed by atoms with Crippen LogP contribution in [0, 0.1) is 5.82 Å². The Hall–Kier alpha value is -2.34. The van der Waals surface area contributed by atoms with E-state index in [9.17, 15) is 26.4 Å². The third-order valence-corrected chi connectivity index (χ3v) is 6.43. The summed E-state index contributed by atoms with van der Waals surface area (Å²) in [6.07, 6.45) is 0.00855. The van der Waals surface area contributed by atoms with Crippen LogP contribution in [0.5, 0.6) is 5.75 Å². The van der Waals surface area contributed by atoms with E-state index in [4.69, 9.17) is 11.6 Å². The lowest BCUT2D eigenvalue weighted by Gasteiger charge is -2.36. The van der Waals surface area contributed by atoms with Crippen molar-refractivity contribution in [1.29, 1.82) is 0 Å². The van der Waals surface area contributed by atoms with Gasteiger partial charge in [-0.2, -0.15) is 26.2 Å². The van der Waals surface area contributed by atoms with Crippen molar-refractivity contribution in [2.75, 3.05) is 12.4 Å². The molecule has 3 rings (SSSR count). The van der Waals surface area contributed by atoms with Crippen LogP contribution in [0.25, 0.3) is 0 Å². The topological polar surface area (TPSA) is 87.7 Å². The summed E-state index contributed by atoms with van der Waals surface area (Å²) in [5.74, 6) is -1.46. The number of ether oxygens (including phenoxy) is 1. The first kappa shape index (κ1) is 22.3. The summed E-state index contributed by atoms with van der Waals surface area (Å²) in [5.41, 5.74) is 0.548. The number of hydrogen-bond acceptors (Lipinski definition) is 4. The number of nitrogens with one attached hydrogen (secondary N) is 2. The zero-order valence-corrected chi connectivity index (χ0v) is 17.1. The minimum Gasteiger partial charge on any atom is -0.435 e. The van der Waals surface area contributed by atoms with Gasteiger partial charge in [-0.3, -0.25) is 4.79 Å². The second-order valence-electron chi connectivity index (χ2n) is 6.51. The third kappa shape index (κ3) is 5.04. The molecule has 1 heterocycles. The highest BCUT2D eigenvalue weighted by atomic mass is 35.5. The zero-order chi connectivity index (χ0) is 22.1. The molecule has 30 heavy (non-hydrogen) atoms. The Bertz CT molecular complexity index is 1050. The summed E-state index contributed by atoms with van der Waals surface area (Å²) in [6, 6.07) is 7.13. The van der Waals surface area contributed by atoms with Gasteiger partial charge in [0.05, 0.1) is 11.1 Å². The first-order chi connectivity index (χ1) is 14.1. The maximum absolute atomic E-state index is 13.3. The fraction of sp³-hybridized carbons (Fsp3) is 0.278. The molecule has 1 unspecified atom stereocenters. The number of likely N-dealkylation sites (N-methyl/N-ethyl adjacent to an activating group) is 1. The molecule has 162 valence electrons. The molecular weight excluding hydrogens is 447 g/mol. The highest BCUT2D eigenvalue weighted by molar-refractivity contribution is 7.87. The van der Waals surface area contributed by atoms with Gasteiger partial charge >= 0.3 is 6.61 Å². The molecule has 2 aromatic rings. The van der Waals surface area contributed by atoms with Gasteiger partial charge in [0, 0.05) is 12.7 Å². The van der Waals surface area contributed by atoms with Crippen LogP contribution in [-0.2, 0) is 15.0 Å². The van der Waals surface area contributed by atoms with E-state index in [1.54, 1.807) is 0 Å². The van der Waals surface area contributed by atoms with Crippen LogP contribution in [0.2, 0.25) is 5.02 Å². The second kappa shape index (κ2) is 8.80. The van der Waals surface area contributed by atoms with E-state index in [1.807, 2.05) is 0 Å². The number of anilines is 1. The number of alkyl halides is 2. The predicted octanol–water partition coefficient (Wildman–Crippen LogP) is 3.30. The van der Waals surface area contributed by atoms with Crippen LogP contribution < -0.4 is 14.8 Å². The SMILES string of the molecule is CN1C(C(=O)Nc2ccc(F)c(Cl)c2)C[C@@H](c2cccc(OC(F)F)c2)NS1(=O)=O. The van der Waals surface area contributed by atoms with E-state index in [1.165, 1.54) is 43.4 Å². The maximum Gasteiger partial charge on any atom is 0.387 e. The summed E-state index contributed by atoms with van der Waals surface area (Å²) in [5, 5.41) is 2.31. The molecule has 2 atom stereocenters. The summed E-state index contributed by atoms with van der Waals surface area (Å²) in [7, 11) is -2.82. The number of benzene rings is 2. The Labute approximate surface area is 176 Å². The quantitative estimate of drug-likeness (QED) is 0.712. The molecule has 0 spiro atoms. The van der Waals surface area contributed by atoms with Crippen molar-refractivity contribution in [1.82, 2.24) is 9.03 Å². The molecule has 1 amide bonds. The van der Waals surface area contributed by atoms with E-state index < -0.39 is 40.6 Å². The first-order valence-corrected chi connectivity index (χ1v) is 10.4. The fourth-order valence-electron chi connectivity index (χ4n) is 3.03. The normalized spacial score (nSPS) is 21.4. The minimum absolute atomic E-state index is 0.00855. The average Bonchev–Trinajstić information content (AvgIpc) is 2.66. The molecular formula is C18H17ClF3N3O4S. The van der Waals surface area contributed by atoms with Crippen molar-refractivity contribution in [2.45, 2.75) is 25.1 Å². The Morgan fingerprint density at radius 1 is 1.30 bits per heavy atom. The highest BCUT2D eigenvalue weighted by Crippen LogP contribution is 2.31. The predicted molar refractivity (Wildman–Crippen MR) is 104 cm³/mol. The molecule has 1 fully saturated rings. The van der Waals surface area contributed by atoms with Crippen LogP contribution >= 0.6 is 11.6 Å². The molecule has 0 saturated carbocycles. The van der Waals surface area contributed by atoms with E-state index >= 15 is 0 Å². The largest absolute Gasteiger partial charge is 0.435 e. The molecule has 2 N–H and O–H groups in total. The monoisotopic (exact) mass is 463 g/mol. The maximum atomic E-state index is 13.3. The Kier molecular flexibility index (Phi) is 6.56. The lowest BCUT2D eigenvalue weighted by Crippen LogP contribution is -2.55. The van der Waals surface area contributed by atoms with Crippen molar-refractivity contribution in [3.05, 3.63) is 58.9 Å². The summed E-state index contributed by atoms with van der Waals surface area (Å²) < 4.78 is 70.9. The molecule has 7 nitrogen and oxygen atoms in total. The molecule has 1 aliphatic rings. The minimum atomic E-state index is -4.05. The first-order valence-electron chi connectivity index (χ1n) is 8.63. The van der Waals surface area contributed by atoms with Gasteiger partial charge in [0.15, 0.2) is 0 Å². The Balaban J connectivity index is 1.84. The van der Waals surface area contributed by atoms with Crippen molar-refractivity contribution in [3.63, 3.8) is 0 Å². The van der Waals surface area contributed by atoms with Crippen molar-refractivity contribution >= 4 is 33.4 Å². The van der Waals surface area contributed by atoms with Gasteiger partial charge in [-0.05, 0) is 42.3 Å². The summed E-state index contributed by atoms with van der Waals surface area (Å²) >= 11 is 5.70. The number of amides is 1. The number of rotatable bonds is 5. The van der Waals surface area contributed by atoms with Gasteiger partial charge in [-0.25, -0.2) is 4.39 Å². The van der Waals surface area contributed by atoms with Crippen molar-refractivity contribution < 1.29 is 31.1 Å². The zero-order valence-electron chi connectivity index (χ0n) is 15.5. The van der Waals surface area contributed by atoms with Gasteiger partial charge in [0.25, 0.3) is 10.2 Å². The average molecular weight is 464 g/mol. The van der Waals surface area contributed by atoms with Gasteiger partial charge in [0.1, 0.15) is 17.6 Å². The van der Waals surface area contributed by atoms with E-state index in [0.717, 1.165) is 10.4 Å². The van der Waals surface area contributed by atoms with Crippen LogP contribution in [0.1, 0.15) is 18.0 Å². The van der Waals surface area contributed by atoms with E-state index in [0.29, 0.717) is 5.56 Å². The van der Waals surface area contributed by atoms with E-state index in [2.05, 4.69) is 14.8 Å². The van der Waals surface area contributed by atoms with Gasteiger partial charge in [-0.1, -0.05) is 23.7 Å². The van der Waals surface area contributed by atoms with Crippen LogP contribution in [0.4, 0.5) is 18.9 Å². The molecule has 1 saturated heterocycles. The third-order valence-electron chi connectivity index (χ3n) is 4.54. The molecule has 0 aliphatic carbocycles. The van der Waals surface area contributed by atoms with Crippen molar-refractivity contribution in [2.24, 2.45) is 0 Å². The fourth-order valence-corrected chi connectivity index (χ4v) is 4.49. The number of carbonyl (C=O) groups is 1. The number of carbonyl (C=O) groups excluding carboxylic acids is 1. The summed E-state index contributed by atoms with van der Waals surface area (Å²) in [4.78, 5) is 12.7. The van der Waals surface area contributed by atoms with Gasteiger partial charge < -0.3 is 10.1 Å². The number of nitrogens with zero attached hydrogens (tertiary/aromatic N) is 1. The molecule has 2 aromatic carbocycles. The van der Waals surface area contributed by atoms with Gasteiger partial charge in [0.2, 0.25) is 5.91 Å². The Morgan fingerprint density at radius 3 is 2.70 bits per heavy atom. The van der Waals surface area contributed by atoms with Crippen molar-refractivity contribution in [3.8, 4) is 5.75 Å². The highest BCUT2D eigenvalue weighted by Gasteiger charge is 2.40. The second-order valence-corrected chi connectivity index (χ2v) is 8.68. The van der Waals surface area contributed by atoms with E-state index in [-0.39, 0.29) is 22.9 Å². The summed E-state index contributed by atoms with van der Waals surface area (Å²) in [6.45, 7) is -3.03. The van der Waals surface area contributed by atoms with Crippen LogP contribution in [0.3, 0.4) is 0 Å². The Morgan fingerprint density at radius 2 is 2.03 bits per heavy atom. The molecule has 0 radical (unpaired) electrons.